The van der Waals surface area contributed by atoms with Crippen LogP contribution in [0, 0.1) is 18.8 Å². The van der Waals surface area contributed by atoms with Gasteiger partial charge in [0.05, 0.1) is 23.3 Å². The van der Waals surface area contributed by atoms with Crippen LogP contribution in [0.5, 0.6) is 5.75 Å². The molecule has 0 saturated heterocycles. The first kappa shape index (κ1) is 28.8. The number of nitrogens with zero attached hydrogens (tertiary/aromatic N) is 2. The number of carbonyl (C=O) groups is 2. The Balaban J connectivity index is 1.41. The number of carbonyl (C=O) groups excluding carboxylic acids is 2. The summed E-state index contributed by atoms with van der Waals surface area (Å²) >= 11 is 0. The Morgan fingerprint density at radius 3 is 2.59 bits per heavy atom. The molecule has 0 unspecified atom stereocenters. The molecule has 12 heteroatoms. The molecular weight excluding hydrogens is 539 g/mol. The fourth-order valence-electron chi connectivity index (χ4n) is 5.50. The van der Waals surface area contributed by atoms with Crippen molar-refractivity contribution in [3.05, 3.63) is 41.3 Å². The minimum atomic E-state index is -4.55. The van der Waals surface area contributed by atoms with Gasteiger partial charge < -0.3 is 25.1 Å². The molecule has 2 aliphatic rings. The zero-order valence-corrected chi connectivity index (χ0v) is 23.2. The van der Waals surface area contributed by atoms with E-state index in [2.05, 4.69) is 25.6 Å². The molecule has 3 aromatic rings. The molecule has 1 aromatic carbocycles. The minimum absolute atomic E-state index is 0.00334. The smallest absolute Gasteiger partial charge is 0.416 e. The number of methoxy groups -OCH3 is 1. The molecule has 3 N–H and O–H groups in total. The number of halogens is 3. The van der Waals surface area contributed by atoms with Crippen LogP contribution in [0.25, 0.3) is 22.3 Å². The van der Waals surface area contributed by atoms with E-state index in [4.69, 9.17) is 9.47 Å². The Labute approximate surface area is 235 Å². The fourth-order valence-corrected chi connectivity index (χ4v) is 5.50. The Morgan fingerprint density at radius 1 is 1.12 bits per heavy atom. The summed E-state index contributed by atoms with van der Waals surface area (Å²) in [5.41, 5.74) is 1.13. The van der Waals surface area contributed by atoms with Crippen LogP contribution in [-0.2, 0) is 15.7 Å². The average Bonchev–Trinajstić information content (AvgIpc) is 3.68. The molecule has 0 spiro atoms. The van der Waals surface area contributed by atoms with Gasteiger partial charge >= 0.3 is 6.18 Å². The SMILES string of the molecule is COCC(=O)N[C@H]1CC[C@H](NC(=O)c2c(C)[nH]c3c(-c4cc(C(F)(F)F)ccc4OCC4CC4)ncnc23)[C@H](C)C1. The third kappa shape index (κ3) is 6.47. The molecule has 9 nitrogen and oxygen atoms in total. The minimum Gasteiger partial charge on any atom is -0.493 e. The molecule has 220 valence electrons. The van der Waals surface area contributed by atoms with Gasteiger partial charge in [0.25, 0.3) is 5.91 Å². The topological polar surface area (TPSA) is 118 Å². The molecule has 0 bridgehead atoms. The van der Waals surface area contributed by atoms with Crippen LogP contribution in [-0.4, -0.2) is 59.2 Å². The molecule has 41 heavy (non-hydrogen) atoms. The van der Waals surface area contributed by atoms with Crippen LogP contribution >= 0.6 is 0 Å². The van der Waals surface area contributed by atoms with Gasteiger partial charge in [-0.05, 0) is 69.1 Å². The number of H-pyrrole nitrogens is 1. The van der Waals surface area contributed by atoms with Gasteiger partial charge in [-0.25, -0.2) is 9.97 Å². The van der Waals surface area contributed by atoms with Gasteiger partial charge in [-0.3, -0.25) is 9.59 Å². The van der Waals surface area contributed by atoms with Crippen molar-refractivity contribution < 1.29 is 32.2 Å². The lowest BCUT2D eigenvalue weighted by molar-refractivity contribution is -0.137. The highest BCUT2D eigenvalue weighted by Crippen LogP contribution is 2.40. The van der Waals surface area contributed by atoms with E-state index < -0.39 is 11.7 Å². The Bertz CT molecular complexity index is 1440. The van der Waals surface area contributed by atoms with Crippen LogP contribution in [0.4, 0.5) is 13.2 Å². The summed E-state index contributed by atoms with van der Waals surface area (Å²) in [4.78, 5) is 37.2. The number of nitrogens with one attached hydrogen (secondary N) is 3. The predicted molar refractivity (Wildman–Crippen MR) is 145 cm³/mol. The number of hydrogen-bond acceptors (Lipinski definition) is 6. The number of aromatic amines is 1. The van der Waals surface area contributed by atoms with Gasteiger partial charge in [0.1, 0.15) is 29.9 Å². The maximum Gasteiger partial charge on any atom is 0.416 e. The molecule has 3 atom stereocenters. The van der Waals surface area contributed by atoms with Crippen molar-refractivity contribution in [2.75, 3.05) is 20.3 Å². The van der Waals surface area contributed by atoms with Crippen molar-refractivity contribution in [3.8, 4) is 17.0 Å². The summed E-state index contributed by atoms with van der Waals surface area (Å²) in [5, 5.41) is 6.08. The maximum absolute atomic E-state index is 13.6. The van der Waals surface area contributed by atoms with Gasteiger partial charge in [0.2, 0.25) is 5.91 Å². The van der Waals surface area contributed by atoms with E-state index in [0.717, 1.165) is 25.0 Å². The molecule has 2 aromatic heterocycles. The number of benzene rings is 1. The lowest BCUT2D eigenvalue weighted by Crippen LogP contribution is -2.48. The van der Waals surface area contributed by atoms with Crippen molar-refractivity contribution in [3.63, 3.8) is 0 Å². The van der Waals surface area contributed by atoms with Gasteiger partial charge in [-0.2, -0.15) is 13.2 Å². The lowest BCUT2D eigenvalue weighted by Gasteiger charge is -2.35. The zero-order chi connectivity index (χ0) is 29.3. The number of aryl methyl sites for hydroxylation is 1. The van der Waals surface area contributed by atoms with Crippen molar-refractivity contribution in [1.82, 2.24) is 25.6 Å². The highest BCUT2D eigenvalue weighted by molar-refractivity contribution is 6.09. The number of amides is 2. The summed E-state index contributed by atoms with van der Waals surface area (Å²) in [5.74, 6) is 0.307. The van der Waals surface area contributed by atoms with E-state index in [1.165, 1.54) is 19.5 Å². The van der Waals surface area contributed by atoms with E-state index in [1.54, 1.807) is 6.92 Å². The van der Waals surface area contributed by atoms with Crippen molar-refractivity contribution >= 4 is 22.8 Å². The number of aromatic nitrogens is 3. The summed E-state index contributed by atoms with van der Waals surface area (Å²) in [6.07, 6.45) is 0.869. The van der Waals surface area contributed by atoms with Gasteiger partial charge in [0.15, 0.2) is 0 Å². The first-order valence-electron chi connectivity index (χ1n) is 13.8. The third-order valence-electron chi connectivity index (χ3n) is 7.86. The van der Waals surface area contributed by atoms with Crippen molar-refractivity contribution in [2.24, 2.45) is 11.8 Å². The highest BCUT2D eigenvalue weighted by atomic mass is 19.4. The van der Waals surface area contributed by atoms with E-state index >= 15 is 0 Å². The van der Waals surface area contributed by atoms with Gasteiger partial charge in [0, 0.05) is 30.5 Å². The quantitative estimate of drug-likeness (QED) is 0.339. The van der Waals surface area contributed by atoms with E-state index in [-0.39, 0.29) is 47.7 Å². The van der Waals surface area contributed by atoms with Crippen LogP contribution in [0.15, 0.2) is 24.5 Å². The molecule has 2 saturated carbocycles. The number of fused-ring (bicyclic) bond motifs is 1. The first-order chi connectivity index (χ1) is 19.5. The van der Waals surface area contributed by atoms with Crippen molar-refractivity contribution in [2.45, 2.75) is 64.2 Å². The number of alkyl halides is 3. The highest BCUT2D eigenvalue weighted by Gasteiger charge is 2.34. The molecule has 0 aliphatic heterocycles. The molecule has 0 radical (unpaired) electrons. The zero-order valence-electron chi connectivity index (χ0n) is 23.2. The van der Waals surface area contributed by atoms with Gasteiger partial charge in [-0.15, -0.1) is 0 Å². The molecule has 2 heterocycles. The van der Waals surface area contributed by atoms with Crippen LogP contribution in [0.1, 0.15) is 60.6 Å². The average molecular weight is 574 g/mol. The Morgan fingerprint density at radius 2 is 1.90 bits per heavy atom. The number of ether oxygens (including phenoxy) is 2. The molecule has 5 rings (SSSR count). The predicted octanol–water partition coefficient (Wildman–Crippen LogP) is 4.79. The summed E-state index contributed by atoms with van der Waals surface area (Å²) in [7, 11) is 1.47. The van der Waals surface area contributed by atoms with Crippen molar-refractivity contribution in [1.29, 1.82) is 0 Å². The van der Waals surface area contributed by atoms with E-state index in [1.807, 2.05) is 6.92 Å². The lowest BCUT2D eigenvalue weighted by atomic mass is 9.82. The fraction of sp³-hybridized carbons (Fsp3) is 0.517. The van der Waals surface area contributed by atoms with Crippen LogP contribution in [0.3, 0.4) is 0 Å². The maximum atomic E-state index is 13.6. The number of rotatable bonds is 9. The summed E-state index contributed by atoms with van der Waals surface area (Å²) < 4.78 is 51.7. The van der Waals surface area contributed by atoms with Gasteiger partial charge in [-0.1, -0.05) is 6.92 Å². The van der Waals surface area contributed by atoms with Crippen LogP contribution in [0.2, 0.25) is 0 Å². The first-order valence-corrected chi connectivity index (χ1v) is 13.8. The Hall–Kier alpha value is -3.67. The Kier molecular flexibility index (Phi) is 8.21. The molecule has 2 aliphatic carbocycles. The standard InChI is InChI=1S/C29H34F3N5O4/c1-15-10-19(36-23(38)13-40-3)7-8-21(15)37-28(39)24-16(2)35-27-25(33-14-34-26(24)27)20-11-18(29(30,31)32)6-9-22(20)41-12-17-4-5-17/h6,9,11,14-15,17,19,21,35H,4-5,7-8,10,12-13H2,1-3H3,(H,36,38)(H,37,39)/t15-,19+,21+/m1/s1. The monoisotopic (exact) mass is 573 g/mol. The molecular formula is C29H34F3N5O4. The second kappa shape index (κ2) is 11.7. The normalized spacial score (nSPS) is 21.1. The van der Waals surface area contributed by atoms with Crippen LogP contribution < -0.4 is 15.4 Å². The summed E-state index contributed by atoms with van der Waals surface area (Å²) in [6, 6.07) is 3.25. The molecule has 2 fully saturated rings. The second-order valence-electron chi connectivity index (χ2n) is 11.1. The largest absolute Gasteiger partial charge is 0.493 e. The van der Waals surface area contributed by atoms with E-state index in [9.17, 15) is 22.8 Å². The third-order valence-corrected chi connectivity index (χ3v) is 7.86. The van der Waals surface area contributed by atoms with E-state index in [0.29, 0.717) is 59.8 Å². The second-order valence-corrected chi connectivity index (χ2v) is 11.1. The number of hydrogen-bond donors (Lipinski definition) is 3. The molecule has 2 amide bonds. The summed E-state index contributed by atoms with van der Waals surface area (Å²) in [6.45, 7) is 4.17.